The van der Waals surface area contributed by atoms with Crippen LogP contribution >= 0.6 is 0 Å². The number of methoxy groups -OCH3 is 1. The van der Waals surface area contributed by atoms with Crippen LogP contribution < -0.4 is 11.1 Å². The van der Waals surface area contributed by atoms with Crippen LogP contribution in [-0.4, -0.2) is 64.4 Å². The van der Waals surface area contributed by atoms with Crippen LogP contribution in [0.3, 0.4) is 0 Å². The molecule has 0 radical (unpaired) electrons. The van der Waals surface area contributed by atoms with E-state index in [9.17, 15) is 9.59 Å². The first kappa shape index (κ1) is 23.1. The Labute approximate surface area is 198 Å². The molecule has 1 saturated heterocycles. The summed E-state index contributed by atoms with van der Waals surface area (Å²) in [7, 11) is 5.28. The largest absolute Gasteiger partial charge is 0.383 e. The molecule has 4 rings (SSSR count). The quantitative estimate of drug-likeness (QED) is 0.432. The summed E-state index contributed by atoms with van der Waals surface area (Å²) in [5.74, 6) is 5.90. The number of benzene rings is 1. The van der Waals surface area contributed by atoms with E-state index >= 15 is 0 Å². The summed E-state index contributed by atoms with van der Waals surface area (Å²) in [5.41, 5.74) is 8.15. The van der Waals surface area contributed by atoms with Gasteiger partial charge in [-0.15, -0.1) is 0 Å². The molecular weight excluding hydrogens is 432 g/mol. The highest BCUT2D eigenvalue weighted by atomic mass is 16.5. The number of anilines is 1. The number of nitrogens with two attached hydrogens (primary N) is 1. The highest BCUT2D eigenvalue weighted by molar-refractivity contribution is 6.00. The average molecular weight is 461 g/mol. The Bertz CT molecular complexity index is 1330. The molecule has 3 heterocycles. The smallest absolute Gasteiger partial charge is 0.255 e. The monoisotopic (exact) mass is 460 g/mol. The fraction of sp³-hybridized carbons (Fsp3) is 0.320. The van der Waals surface area contributed by atoms with Gasteiger partial charge in [-0.1, -0.05) is 18.6 Å². The van der Waals surface area contributed by atoms with Gasteiger partial charge in [0.25, 0.3) is 5.91 Å². The fourth-order valence-electron chi connectivity index (χ4n) is 4.60. The third-order valence-electron chi connectivity index (χ3n) is 6.19. The topological polar surface area (TPSA) is 107 Å². The number of carbonyl (C=O) groups excluding carboxylic acids is 2. The average Bonchev–Trinajstić information content (AvgIpc) is 3.52. The summed E-state index contributed by atoms with van der Waals surface area (Å²) in [5, 5.41) is 8.74. The molecule has 2 amide bonds. The number of ether oxygens (including phenoxy) is 1. The van der Waals surface area contributed by atoms with Crippen molar-refractivity contribution in [1.29, 1.82) is 0 Å². The molecule has 0 saturated carbocycles. The SMILES string of the molecule is C=CC(=O)N1C[C@@H](n2nc(C#Cc3cccc4c3ccn4C)c(C(N)=O)c2NC)C[C@@H]1COC. The molecule has 1 aliphatic rings. The lowest BCUT2D eigenvalue weighted by Gasteiger charge is -2.22. The number of likely N-dealkylation sites (tertiary alicyclic amines) is 1. The zero-order valence-electron chi connectivity index (χ0n) is 19.5. The van der Waals surface area contributed by atoms with Crippen molar-refractivity contribution in [2.75, 3.05) is 32.6 Å². The van der Waals surface area contributed by atoms with Crippen molar-refractivity contribution < 1.29 is 14.3 Å². The summed E-state index contributed by atoms with van der Waals surface area (Å²) in [6, 6.07) is 7.59. The zero-order valence-corrected chi connectivity index (χ0v) is 19.5. The van der Waals surface area contributed by atoms with Crippen molar-refractivity contribution >= 4 is 28.5 Å². The third-order valence-corrected chi connectivity index (χ3v) is 6.19. The van der Waals surface area contributed by atoms with Gasteiger partial charge in [0.15, 0.2) is 5.69 Å². The summed E-state index contributed by atoms with van der Waals surface area (Å²) in [4.78, 5) is 26.5. The van der Waals surface area contributed by atoms with Gasteiger partial charge in [0, 0.05) is 50.4 Å². The van der Waals surface area contributed by atoms with Crippen LogP contribution in [0.5, 0.6) is 0 Å². The maximum atomic E-state index is 12.4. The maximum Gasteiger partial charge on any atom is 0.255 e. The van der Waals surface area contributed by atoms with E-state index in [-0.39, 0.29) is 23.6 Å². The van der Waals surface area contributed by atoms with E-state index in [1.165, 1.54) is 6.08 Å². The minimum Gasteiger partial charge on any atom is -0.383 e. The Morgan fingerprint density at radius 2 is 2.15 bits per heavy atom. The second-order valence-electron chi connectivity index (χ2n) is 8.24. The molecule has 176 valence electrons. The second-order valence-corrected chi connectivity index (χ2v) is 8.24. The lowest BCUT2D eigenvalue weighted by atomic mass is 10.1. The van der Waals surface area contributed by atoms with Crippen molar-refractivity contribution in [3.05, 3.63) is 59.9 Å². The minimum absolute atomic E-state index is 0.128. The molecule has 3 N–H and O–H groups in total. The van der Waals surface area contributed by atoms with Crippen LogP contribution in [0.25, 0.3) is 10.9 Å². The maximum absolute atomic E-state index is 12.4. The molecule has 0 bridgehead atoms. The number of aromatic nitrogens is 3. The van der Waals surface area contributed by atoms with Gasteiger partial charge in [-0.2, -0.15) is 5.10 Å². The lowest BCUT2D eigenvalue weighted by Crippen LogP contribution is -2.37. The Morgan fingerprint density at radius 3 is 2.82 bits per heavy atom. The summed E-state index contributed by atoms with van der Waals surface area (Å²) in [6.07, 6.45) is 3.88. The molecular formula is C25H28N6O3. The van der Waals surface area contributed by atoms with E-state index in [4.69, 9.17) is 10.5 Å². The van der Waals surface area contributed by atoms with E-state index in [1.807, 2.05) is 42.1 Å². The van der Waals surface area contributed by atoms with E-state index in [1.54, 1.807) is 23.7 Å². The van der Waals surface area contributed by atoms with Crippen LogP contribution in [-0.2, 0) is 16.6 Å². The van der Waals surface area contributed by atoms with Gasteiger partial charge >= 0.3 is 0 Å². The second kappa shape index (κ2) is 9.45. The normalized spacial score (nSPS) is 17.4. The fourth-order valence-corrected chi connectivity index (χ4v) is 4.60. The van der Waals surface area contributed by atoms with E-state index in [2.05, 4.69) is 28.8 Å². The Hall–Kier alpha value is -4.03. The van der Waals surface area contributed by atoms with Crippen LogP contribution in [0.4, 0.5) is 5.82 Å². The highest BCUT2D eigenvalue weighted by Gasteiger charge is 2.37. The number of primary amides is 1. The van der Waals surface area contributed by atoms with Gasteiger partial charge < -0.3 is 25.3 Å². The molecule has 2 aromatic heterocycles. The van der Waals surface area contributed by atoms with Crippen LogP contribution in [0.1, 0.15) is 34.1 Å². The Balaban J connectivity index is 1.76. The first-order chi connectivity index (χ1) is 16.4. The predicted molar refractivity (Wildman–Crippen MR) is 130 cm³/mol. The standard InChI is InChI=1S/C25H28N6O3/c1-5-22(32)30-14-17(13-18(30)15-34-4)31-25(27-2)23(24(26)33)20(28-31)10-9-16-7-6-8-21-19(16)11-12-29(21)3/h5-8,11-12,17-18,27H,1,13-15H2,2-4H3,(H2,26,33)/t17-,18+/m0/s1. The van der Waals surface area contributed by atoms with Gasteiger partial charge in [0.2, 0.25) is 5.91 Å². The number of rotatable bonds is 6. The van der Waals surface area contributed by atoms with Gasteiger partial charge in [0.1, 0.15) is 11.4 Å². The molecule has 1 aliphatic heterocycles. The number of amides is 2. The van der Waals surface area contributed by atoms with E-state index < -0.39 is 5.91 Å². The number of hydrogen-bond donors (Lipinski definition) is 2. The van der Waals surface area contributed by atoms with E-state index in [0.29, 0.717) is 31.1 Å². The van der Waals surface area contributed by atoms with Crippen molar-refractivity contribution in [2.24, 2.45) is 12.8 Å². The van der Waals surface area contributed by atoms with Crippen LogP contribution in [0.2, 0.25) is 0 Å². The molecule has 1 fully saturated rings. The number of hydrogen-bond acceptors (Lipinski definition) is 5. The van der Waals surface area contributed by atoms with Gasteiger partial charge in [-0.05, 0) is 36.6 Å². The molecule has 0 aliphatic carbocycles. The first-order valence-corrected chi connectivity index (χ1v) is 11.0. The number of aryl methyl sites for hydroxylation is 1. The molecule has 9 nitrogen and oxygen atoms in total. The predicted octanol–water partition coefficient (Wildman–Crippen LogP) is 1.89. The van der Waals surface area contributed by atoms with Gasteiger partial charge in [0.05, 0.1) is 18.7 Å². The van der Waals surface area contributed by atoms with Crippen molar-refractivity contribution in [1.82, 2.24) is 19.2 Å². The van der Waals surface area contributed by atoms with Crippen LogP contribution in [0, 0.1) is 11.8 Å². The molecule has 1 aromatic carbocycles. The zero-order chi connectivity index (χ0) is 24.4. The summed E-state index contributed by atoms with van der Waals surface area (Å²) >= 11 is 0. The summed E-state index contributed by atoms with van der Waals surface area (Å²) in [6.45, 7) is 4.40. The molecule has 0 spiro atoms. The molecule has 34 heavy (non-hydrogen) atoms. The highest BCUT2D eigenvalue weighted by Crippen LogP contribution is 2.32. The number of nitrogens with zero attached hydrogens (tertiary/aromatic N) is 4. The molecule has 0 unspecified atom stereocenters. The first-order valence-electron chi connectivity index (χ1n) is 11.0. The molecule has 3 aromatic rings. The van der Waals surface area contributed by atoms with Gasteiger partial charge in [-0.3, -0.25) is 9.59 Å². The molecule has 9 heteroatoms. The van der Waals surface area contributed by atoms with Gasteiger partial charge in [-0.25, -0.2) is 4.68 Å². The summed E-state index contributed by atoms with van der Waals surface area (Å²) < 4.78 is 9.05. The number of carbonyl (C=O) groups is 2. The minimum atomic E-state index is -0.622. The van der Waals surface area contributed by atoms with Crippen LogP contribution in [0.15, 0.2) is 43.1 Å². The van der Waals surface area contributed by atoms with Crippen molar-refractivity contribution in [3.8, 4) is 11.8 Å². The lowest BCUT2D eigenvalue weighted by molar-refractivity contribution is -0.127. The molecule has 2 atom stereocenters. The number of nitrogens with one attached hydrogen (secondary N) is 1. The third kappa shape index (κ3) is 4.04. The van der Waals surface area contributed by atoms with Crippen molar-refractivity contribution in [3.63, 3.8) is 0 Å². The Kier molecular flexibility index (Phi) is 6.43. The van der Waals surface area contributed by atoms with Crippen molar-refractivity contribution in [2.45, 2.75) is 18.5 Å². The number of fused-ring (bicyclic) bond motifs is 1. The Morgan fingerprint density at radius 1 is 1.35 bits per heavy atom. The van der Waals surface area contributed by atoms with E-state index in [0.717, 1.165) is 16.5 Å².